The fourth-order valence-electron chi connectivity index (χ4n) is 2.14. The van der Waals surface area contributed by atoms with Crippen LogP contribution in [-0.2, 0) is 4.84 Å². The molecule has 1 fully saturated rings. The van der Waals surface area contributed by atoms with Crippen LogP contribution in [0.15, 0.2) is 12.1 Å². The van der Waals surface area contributed by atoms with E-state index in [4.69, 9.17) is 25.9 Å². The second kappa shape index (κ2) is 5.27. The minimum Gasteiger partial charge on any atom is -0.486 e. The van der Waals surface area contributed by atoms with Gasteiger partial charge in [0.2, 0.25) is 0 Å². The standard InChI is InChI=1S/C13H14ClNO4/c14-10-7-9(8-11-12(10)18-6-5-17-11)13(16)15-3-1-2-4-19-15/h7-8H,1-6H2. The maximum atomic E-state index is 12.3. The molecule has 19 heavy (non-hydrogen) atoms. The van der Waals surface area contributed by atoms with Crippen molar-refractivity contribution in [2.45, 2.75) is 12.8 Å². The van der Waals surface area contributed by atoms with Gasteiger partial charge in [0.15, 0.2) is 11.5 Å². The molecular formula is C13H14ClNO4. The van der Waals surface area contributed by atoms with Crippen molar-refractivity contribution in [2.24, 2.45) is 0 Å². The Balaban J connectivity index is 1.88. The molecule has 1 aromatic carbocycles. The van der Waals surface area contributed by atoms with Gasteiger partial charge in [0.05, 0.1) is 11.6 Å². The highest BCUT2D eigenvalue weighted by Crippen LogP contribution is 2.38. The zero-order valence-corrected chi connectivity index (χ0v) is 11.1. The van der Waals surface area contributed by atoms with E-state index >= 15 is 0 Å². The highest BCUT2D eigenvalue weighted by atomic mass is 35.5. The predicted octanol–water partition coefficient (Wildman–Crippen LogP) is 2.28. The number of hydrogen-bond acceptors (Lipinski definition) is 4. The van der Waals surface area contributed by atoms with Crippen LogP contribution in [0, 0.1) is 0 Å². The Morgan fingerprint density at radius 3 is 2.79 bits per heavy atom. The Kier molecular flexibility index (Phi) is 3.48. The third kappa shape index (κ3) is 2.48. The Bertz CT molecular complexity index is 500. The minimum absolute atomic E-state index is 0.196. The van der Waals surface area contributed by atoms with Gasteiger partial charge < -0.3 is 9.47 Å². The van der Waals surface area contributed by atoms with E-state index in [1.807, 2.05) is 0 Å². The van der Waals surface area contributed by atoms with Crippen molar-refractivity contribution < 1.29 is 19.1 Å². The van der Waals surface area contributed by atoms with Crippen molar-refractivity contribution in [2.75, 3.05) is 26.4 Å². The van der Waals surface area contributed by atoms with Crippen LogP contribution in [0.4, 0.5) is 0 Å². The Morgan fingerprint density at radius 1 is 1.16 bits per heavy atom. The third-order valence-electron chi connectivity index (χ3n) is 3.07. The Hall–Kier alpha value is -1.46. The van der Waals surface area contributed by atoms with Crippen molar-refractivity contribution in [3.05, 3.63) is 22.7 Å². The van der Waals surface area contributed by atoms with Crippen molar-refractivity contribution in [3.8, 4) is 11.5 Å². The topological polar surface area (TPSA) is 48.0 Å². The number of ether oxygens (including phenoxy) is 2. The van der Waals surface area contributed by atoms with Crippen LogP contribution in [0.2, 0.25) is 5.02 Å². The number of nitrogens with zero attached hydrogens (tertiary/aromatic N) is 1. The Morgan fingerprint density at radius 2 is 2.00 bits per heavy atom. The van der Waals surface area contributed by atoms with Crippen molar-refractivity contribution in [1.82, 2.24) is 5.06 Å². The molecule has 1 saturated heterocycles. The quantitative estimate of drug-likeness (QED) is 0.793. The van der Waals surface area contributed by atoms with Crippen molar-refractivity contribution >= 4 is 17.5 Å². The summed E-state index contributed by atoms with van der Waals surface area (Å²) in [6.45, 7) is 2.10. The Labute approximate surface area is 115 Å². The van der Waals surface area contributed by atoms with Gasteiger partial charge >= 0.3 is 0 Å². The molecule has 102 valence electrons. The molecule has 2 aliphatic heterocycles. The average Bonchev–Trinajstić information content (AvgIpc) is 2.47. The van der Waals surface area contributed by atoms with E-state index in [0.29, 0.717) is 48.5 Å². The monoisotopic (exact) mass is 283 g/mol. The first-order valence-corrected chi connectivity index (χ1v) is 6.67. The van der Waals surface area contributed by atoms with E-state index in [1.54, 1.807) is 12.1 Å². The van der Waals surface area contributed by atoms with E-state index < -0.39 is 0 Å². The molecule has 2 aliphatic rings. The first kappa shape index (κ1) is 12.6. The molecule has 0 N–H and O–H groups in total. The lowest BCUT2D eigenvalue weighted by Gasteiger charge is -2.26. The molecule has 0 radical (unpaired) electrons. The first-order chi connectivity index (χ1) is 9.25. The van der Waals surface area contributed by atoms with Crippen molar-refractivity contribution in [1.29, 1.82) is 0 Å². The molecule has 3 rings (SSSR count). The van der Waals surface area contributed by atoms with Gasteiger partial charge in [0, 0.05) is 12.1 Å². The number of hydrogen-bond donors (Lipinski definition) is 0. The maximum Gasteiger partial charge on any atom is 0.277 e. The fourth-order valence-corrected chi connectivity index (χ4v) is 2.40. The molecule has 0 unspecified atom stereocenters. The van der Waals surface area contributed by atoms with E-state index in [0.717, 1.165) is 12.8 Å². The summed E-state index contributed by atoms with van der Waals surface area (Å²) in [4.78, 5) is 17.6. The number of rotatable bonds is 1. The number of benzene rings is 1. The molecule has 0 atom stereocenters. The molecule has 1 amide bonds. The summed E-state index contributed by atoms with van der Waals surface area (Å²) >= 11 is 6.11. The molecule has 0 aromatic heterocycles. The van der Waals surface area contributed by atoms with Gasteiger partial charge in [-0.25, -0.2) is 5.06 Å². The predicted molar refractivity (Wildman–Crippen MR) is 68.7 cm³/mol. The second-order valence-corrected chi connectivity index (χ2v) is 4.84. The smallest absolute Gasteiger partial charge is 0.277 e. The summed E-state index contributed by atoms with van der Waals surface area (Å²) < 4.78 is 10.9. The molecule has 0 bridgehead atoms. The van der Waals surface area contributed by atoms with E-state index in [2.05, 4.69) is 0 Å². The van der Waals surface area contributed by atoms with Crippen LogP contribution in [-0.4, -0.2) is 37.3 Å². The highest BCUT2D eigenvalue weighted by Gasteiger charge is 2.24. The normalized spacial score (nSPS) is 18.3. The van der Waals surface area contributed by atoms with Gasteiger partial charge in [-0.05, 0) is 25.0 Å². The number of carbonyl (C=O) groups excluding carboxylic acids is 1. The molecule has 2 heterocycles. The van der Waals surface area contributed by atoms with Gasteiger partial charge in [-0.1, -0.05) is 11.6 Å². The summed E-state index contributed by atoms with van der Waals surface area (Å²) in [5, 5.41) is 1.77. The van der Waals surface area contributed by atoms with Crippen molar-refractivity contribution in [3.63, 3.8) is 0 Å². The summed E-state index contributed by atoms with van der Waals surface area (Å²) in [5.74, 6) is 0.821. The van der Waals surface area contributed by atoms with Gasteiger partial charge in [-0.3, -0.25) is 9.63 Å². The van der Waals surface area contributed by atoms with Gasteiger partial charge in [-0.2, -0.15) is 0 Å². The number of amides is 1. The molecule has 0 saturated carbocycles. The highest BCUT2D eigenvalue weighted by molar-refractivity contribution is 6.32. The summed E-state index contributed by atoms with van der Waals surface area (Å²) in [6, 6.07) is 3.25. The zero-order valence-electron chi connectivity index (χ0n) is 10.4. The molecule has 1 aromatic rings. The van der Waals surface area contributed by atoms with Gasteiger partial charge in [0.25, 0.3) is 5.91 Å². The lowest BCUT2D eigenvalue weighted by Crippen LogP contribution is -2.35. The molecule has 5 nitrogen and oxygen atoms in total. The van der Waals surface area contributed by atoms with Crippen LogP contribution in [0.5, 0.6) is 11.5 Å². The molecule has 6 heteroatoms. The summed E-state index contributed by atoms with van der Waals surface area (Å²) in [5.41, 5.74) is 0.455. The first-order valence-electron chi connectivity index (χ1n) is 6.29. The lowest BCUT2D eigenvalue weighted by molar-refractivity contribution is -0.144. The van der Waals surface area contributed by atoms with Crippen LogP contribution in [0.25, 0.3) is 0 Å². The molecular weight excluding hydrogens is 270 g/mol. The van der Waals surface area contributed by atoms with E-state index in [9.17, 15) is 4.79 Å². The maximum absolute atomic E-state index is 12.3. The number of halogens is 1. The van der Waals surface area contributed by atoms with E-state index in [1.165, 1.54) is 5.06 Å². The number of carbonyl (C=O) groups is 1. The van der Waals surface area contributed by atoms with Gasteiger partial charge in [0.1, 0.15) is 13.2 Å². The van der Waals surface area contributed by atoms with Gasteiger partial charge in [-0.15, -0.1) is 0 Å². The fraction of sp³-hybridized carbons (Fsp3) is 0.462. The average molecular weight is 284 g/mol. The minimum atomic E-state index is -0.196. The van der Waals surface area contributed by atoms with Crippen LogP contribution in [0.3, 0.4) is 0 Å². The molecule has 0 aliphatic carbocycles. The van der Waals surface area contributed by atoms with Crippen LogP contribution < -0.4 is 9.47 Å². The summed E-state index contributed by atoms with van der Waals surface area (Å²) in [6.07, 6.45) is 1.93. The molecule has 0 spiro atoms. The second-order valence-electron chi connectivity index (χ2n) is 4.43. The zero-order chi connectivity index (χ0) is 13.2. The largest absolute Gasteiger partial charge is 0.486 e. The van der Waals surface area contributed by atoms with Crippen LogP contribution in [0.1, 0.15) is 23.2 Å². The SMILES string of the molecule is O=C(c1cc(Cl)c2c(c1)OCCO2)N1CCCCO1. The number of hydroxylamine groups is 2. The van der Waals surface area contributed by atoms with E-state index in [-0.39, 0.29) is 5.91 Å². The lowest BCUT2D eigenvalue weighted by atomic mass is 10.1. The van der Waals surface area contributed by atoms with Crippen LogP contribution >= 0.6 is 11.6 Å². The summed E-state index contributed by atoms with van der Waals surface area (Å²) in [7, 11) is 0. The third-order valence-corrected chi connectivity index (χ3v) is 3.35. The number of fused-ring (bicyclic) bond motifs is 1.